The van der Waals surface area contributed by atoms with Crippen molar-refractivity contribution in [2.75, 3.05) is 26.8 Å². The van der Waals surface area contributed by atoms with E-state index in [9.17, 15) is 0 Å². The molecular formula is C12H22ClN3O. The predicted molar refractivity (Wildman–Crippen MR) is 70.7 cm³/mol. The van der Waals surface area contributed by atoms with Crippen molar-refractivity contribution in [1.29, 1.82) is 0 Å². The molecule has 0 amide bonds. The van der Waals surface area contributed by atoms with E-state index >= 15 is 0 Å². The van der Waals surface area contributed by atoms with Crippen LogP contribution in [0, 0.1) is 0 Å². The third-order valence-corrected chi connectivity index (χ3v) is 3.15. The number of methoxy groups -OCH3 is 1. The van der Waals surface area contributed by atoms with Gasteiger partial charge in [0, 0.05) is 33.2 Å². The highest BCUT2D eigenvalue weighted by Crippen LogP contribution is 2.21. The number of hydrogen-bond donors (Lipinski definition) is 1. The minimum atomic E-state index is 0.737. The van der Waals surface area contributed by atoms with Gasteiger partial charge in [-0.3, -0.25) is 4.68 Å². The van der Waals surface area contributed by atoms with Gasteiger partial charge in [-0.05, 0) is 13.3 Å². The number of nitrogens with one attached hydrogen (secondary N) is 1. The maximum Gasteiger partial charge on any atom is 0.0850 e. The summed E-state index contributed by atoms with van der Waals surface area (Å²) in [5.74, 6) is 0. The minimum Gasteiger partial charge on any atom is -0.383 e. The predicted octanol–water partition coefficient (Wildman–Crippen LogP) is 1.90. The Labute approximate surface area is 108 Å². The molecule has 0 radical (unpaired) electrons. The monoisotopic (exact) mass is 259 g/mol. The van der Waals surface area contributed by atoms with Gasteiger partial charge >= 0.3 is 0 Å². The van der Waals surface area contributed by atoms with E-state index in [1.165, 1.54) is 0 Å². The van der Waals surface area contributed by atoms with Crippen molar-refractivity contribution < 1.29 is 4.74 Å². The number of aromatic nitrogens is 2. The molecule has 0 unspecified atom stereocenters. The number of ether oxygens (including phenoxy) is 1. The quantitative estimate of drug-likeness (QED) is 0.725. The fourth-order valence-corrected chi connectivity index (χ4v) is 2.13. The summed E-state index contributed by atoms with van der Waals surface area (Å²) in [5, 5.41) is 8.65. The Morgan fingerprint density at radius 2 is 2.12 bits per heavy atom. The molecule has 0 aliphatic heterocycles. The summed E-state index contributed by atoms with van der Waals surface area (Å²) < 4.78 is 6.98. The first kappa shape index (κ1) is 14.5. The molecule has 0 aromatic carbocycles. The lowest BCUT2D eigenvalue weighted by Crippen LogP contribution is -2.22. The third-order valence-electron chi connectivity index (χ3n) is 2.72. The Morgan fingerprint density at radius 1 is 1.35 bits per heavy atom. The normalized spacial score (nSPS) is 11.1. The lowest BCUT2D eigenvalue weighted by atomic mass is 10.2. The molecule has 98 valence electrons. The molecule has 1 rings (SSSR count). The van der Waals surface area contributed by atoms with Crippen LogP contribution in [0.2, 0.25) is 5.02 Å². The van der Waals surface area contributed by atoms with Crippen LogP contribution < -0.4 is 5.32 Å². The summed E-state index contributed by atoms with van der Waals surface area (Å²) in [5.41, 5.74) is 2.14. The van der Waals surface area contributed by atoms with Crippen molar-refractivity contribution in [3.63, 3.8) is 0 Å². The lowest BCUT2D eigenvalue weighted by molar-refractivity contribution is 0.199. The van der Waals surface area contributed by atoms with Crippen molar-refractivity contribution in [1.82, 2.24) is 15.1 Å². The van der Waals surface area contributed by atoms with Crippen LogP contribution in [0.5, 0.6) is 0 Å². The zero-order chi connectivity index (χ0) is 12.7. The Morgan fingerprint density at radius 3 is 2.71 bits per heavy atom. The summed E-state index contributed by atoms with van der Waals surface area (Å²) in [6.07, 6.45) is 1.79. The Kier molecular flexibility index (Phi) is 6.55. The Balaban J connectivity index is 2.54. The summed E-state index contributed by atoms with van der Waals surface area (Å²) in [6, 6.07) is 0. The maximum atomic E-state index is 6.31. The van der Waals surface area contributed by atoms with Crippen LogP contribution >= 0.6 is 11.6 Å². The Hall–Kier alpha value is -0.580. The fourth-order valence-electron chi connectivity index (χ4n) is 1.76. The van der Waals surface area contributed by atoms with Gasteiger partial charge in [0.2, 0.25) is 0 Å². The highest BCUT2D eigenvalue weighted by atomic mass is 35.5. The molecule has 0 spiro atoms. The van der Waals surface area contributed by atoms with Crippen LogP contribution in [-0.4, -0.2) is 36.6 Å². The molecule has 0 bridgehead atoms. The highest BCUT2D eigenvalue weighted by molar-refractivity contribution is 6.31. The molecule has 5 heteroatoms. The zero-order valence-electron chi connectivity index (χ0n) is 10.9. The second-order valence-corrected chi connectivity index (χ2v) is 4.25. The largest absolute Gasteiger partial charge is 0.383 e. The molecular weight excluding hydrogens is 238 g/mol. The first-order valence-corrected chi connectivity index (χ1v) is 6.56. The number of halogens is 1. The van der Waals surface area contributed by atoms with Crippen molar-refractivity contribution in [2.45, 2.75) is 33.2 Å². The molecule has 1 heterocycles. The van der Waals surface area contributed by atoms with Crippen LogP contribution in [0.4, 0.5) is 0 Å². The average molecular weight is 260 g/mol. The van der Waals surface area contributed by atoms with Crippen molar-refractivity contribution in [3.05, 3.63) is 16.4 Å². The summed E-state index contributed by atoms with van der Waals surface area (Å²) in [6.45, 7) is 7.54. The van der Waals surface area contributed by atoms with Crippen LogP contribution in [0.1, 0.15) is 25.2 Å². The van der Waals surface area contributed by atoms with Crippen molar-refractivity contribution in [3.8, 4) is 0 Å². The van der Waals surface area contributed by atoms with Crippen molar-refractivity contribution >= 4 is 11.6 Å². The van der Waals surface area contributed by atoms with Gasteiger partial charge in [0.1, 0.15) is 0 Å². The molecule has 0 saturated carbocycles. The van der Waals surface area contributed by atoms with Gasteiger partial charge in [-0.2, -0.15) is 5.10 Å². The van der Waals surface area contributed by atoms with E-state index in [0.717, 1.165) is 55.5 Å². The van der Waals surface area contributed by atoms with E-state index in [-0.39, 0.29) is 0 Å². The summed E-state index contributed by atoms with van der Waals surface area (Å²) in [4.78, 5) is 0. The minimum absolute atomic E-state index is 0.737. The first-order chi connectivity index (χ1) is 8.24. The molecule has 0 saturated heterocycles. The molecule has 1 N–H and O–H groups in total. The van der Waals surface area contributed by atoms with Gasteiger partial charge in [-0.15, -0.1) is 0 Å². The smallest absolute Gasteiger partial charge is 0.0850 e. The van der Waals surface area contributed by atoms with E-state index in [1.807, 2.05) is 4.68 Å². The van der Waals surface area contributed by atoms with Gasteiger partial charge in [-0.25, -0.2) is 0 Å². The standard InChI is InChI=1S/C12H22ClN3O/c1-4-10-12(13)11(16(5-2)15-10)6-7-14-8-9-17-3/h14H,4-9H2,1-3H3. The Bertz CT molecular complexity index is 339. The van der Waals surface area contributed by atoms with E-state index in [4.69, 9.17) is 16.3 Å². The van der Waals surface area contributed by atoms with Gasteiger partial charge < -0.3 is 10.1 Å². The summed E-state index contributed by atoms with van der Waals surface area (Å²) in [7, 11) is 1.71. The van der Waals surface area contributed by atoms with Crippen LogP contribution in [-0.2, 0) is 24.1 Å². The van der Waals surface area contributed by atoms with Gasteiger partial charge in [0.15, 0.2) is 0 Å². The molecule has 4 nitrogen and oxygen atoms in total. The lowest BCUT2D eigenvalue weighted by Gasteiger charge is -2.06. The highest BCUT2D eigenvalue weighted by Gasteiger charge is 2.13. The molecule has 0 fully saturated rings. The second kappa shape index (κ2) is 7.69. The molecule has 1 aromatic heterocycles. The SMILES string of the molecule is CCc1nn(CC)c(CCNCCOC)c1Cl. The fraction of sp³-hybridized carbons (Fsp3) is 0.750. The van der Waals surface area contributed by atoms with Gasteiger partial charge in [-0.1, -0.05) is 18.5 Å². The number of aryl methyl sites for hydroxylation is 2. The van der Waals surface area contributed by atoms with E-state index in [1.54, 1.807) is 7.11 Å². The number of rotatable bonds is 8. The van der Waals surface area contributed by atoms with Crippen molar-refractivity contribution in [2.24, 2.45) is 0 Å². The molecule has 1 aromatic rings. The molecule has 0 aliphatic carbocycles. The second-order valence-electron chi connectivity index (χ2n) is 3.87. The van der Waals surface area contributed by atoms with E-state index < -0.39 is 0 Å². The summed E-state index contributed by atoms with van der Waals surface area (Å²) >= 11 is 6.31. The average Bonchev–Trinajstić information content (AvgIpc) is 2.65. The molecule has 17 heavy (non-hydrogen) atoms. The maximum absolute atomic E-state index is 6.31. The number of nitrogens with zero attached hydrogens (tertiary/aromatic N) is 2. The zero-order valence-corrected chi connectivity index (χ0v) is 11.7. The number of hydrogen-bond acceptors (Lipinski definition) is 3. The molecule has 0 atom stereocenters. The van der Waals surface area contributed by atoms with Gasteiger partial charge in [0.05, 0.1) is 23.0 Å². The van der Waals surface area contributed by atoms with Gasteiger partial charge in [0.25, 0.3) is 0 Å². The van der Waals surface area contributed by atoms with Crippen LogP contribution in [0.25, 0.3) is 0 Å². The van der Waals surface area contributed by atoms with Crippen LogP contribution in [0.3, 0.4) is 0 Å². The first-order valence-electron chi connectivity index (χ1n) is 6.18. The van der Waals surface area contributed by atoms with Crippen LogP contribution in [0.15, 0.2) is 0 Å². The molecule has 0 aliphatic rings. The van der Waals surface area contributed by atoms with E-state index in [0.29, 0.717) is 0 Å². The topological polar surface area (TPSA) is 39.1 Å². The third kappa shape index (κ3) is 3.98. The van der Waals surface area contributed by atoms with E-state index in [2.05, 4.69) is 24.3 Å².